The van der Waals surface area contributed by atoms with Gasteiger partial charge in [0, 0.05) is 49.9 Å². The van der Waals surface area contributed by atoms with E-state index >= 15 is 0 Å². The third-order valence-corrected chi connectivity index (χ3v) is 9.42. The molecule has 2 saturated heterocycles. The van der Waals surface area contributed by atoms with Crippen LogP contribution in [0, 0.1) is 5.92 Å². The molecule has 49 heavy (non-hydrogen) atoms. The van der Waals surface area contributed by atoms with Gasteiger partial charge in [0.1, 0.15) is 11.9 Å². The second-order valence-corrected chi connectivity index (χ2v) is 14.0. The number of carbonyl (C=O) groups is 2. The van der Waals surface area contributed by atoms with Crippen LogP contribution in [0.3, 0.4) is 0 Å². The molecule has 10 nitrogen and oxygen atoms in total. The molecule has 0 unspecified atom stereocenters. The van der Waals surface area contributed by atoms with Crippen molar-refractivity contribution in [1.82, 2.24) is 23.9 Å². The highest BCUT2D eigenvalue weighted by atomic mass is 19.4. The molecule has 2 aliphatic heterocycles. The Morgan fingerprint density at radius 1 is 0.959 bits per heavy atom. The highest BCUT2D eigenvalue weighted by Crippen LogP contribution is 2.36. The smallest absolute Gasteiger partial charge is 0.416 e. The van der Waals surface area contributed by atoms with Crippen LogP contribution in [0.1, 0.15) is 57.1 Å². The number of halogens is 3. The molecule has 2 aliphatic rings. The average molecular weight is 680 g/mol. The maximum atomic E-state index is 14.0. The zero-order valence-electron chi connectivity index (χ0n) is 27.7. The maximum absolute atomic E-state index is 14.0. The summed E-state index contributed by atoms with van der Waals surface area (Å²) in [6, 6.07) is 15.8. The summed E-state index contributed by atoms with van der Waals surface area (Å²) < 4.78 is 47.6. The van der Waals surface area contributed by atoms with E-state index < -0.39 is 29.0 Å². The minimum atomic E-state index is -4.46. The van der Waals surface area contributed by atoms with Crippen molar-refractivity contribution >= 4 is 23.0 Å². The third-order valence-electron chi connectivity index (χ3n) is 9.42. The van der Waals surface area contributed by atoms with Crippen LogP contribution in [0.25, 0.3) is 16.7 Å². The molecule has 2 amide bonds. The number of benzene rings is 2. The van der Waals surface area contributed by atoms with Crippen LogP contribution in [0.5, 0.6) is 0 Å². The van der Waals surface area contributed by atoms with Gasteiger partial charge in [0.25, 0.3) is 5.56 Å². The molecule has 0 spiro atoms. The predicted octanol–water partition coefficient (Wildman–Crippen LogP) is 5.60. The first-order valence-corrected chi connectivity index (χ1v) is 16.4. The molecule has 260 valence electrons. The van der Waals surface area contributed by atoms with Gasteiger partial charge >= 0.3 is 12.3 Å². The molecule has 0 saturated carbocycles. The van der Waals surface area contributed by atoms with E-state index in [1.54, 1.807) is 26.6 Å². The summed E-state index contributed by atoms with van der Waals surface area (Å²) in [5.41, 5.74) is -1.37. The average Bonchev–Trinajstić information content (AvgIpc) is 3.50. The van der Waals surface area contributed by atoms with Crippen molar-refractivity contribution in [3.63, 3.8) is 0 Å². The number of ether oxygens (including phenoxy) is 1. The summed E-state index contributed by atoms with van der Waals surface area (Å²) >= 11 is 0. The monoisotopic (exact) mass is 679 g/mol. The molecule has 4 heterocycles. The Kier molecular flexibility index (Phi) is 9.08. The van der Waals surface area contributed by atoms with Crippen LogP contribution in [0.15, 0.2) is 78.0 Å². The van der Waals surface area contributed by atoms with Gasteiger partial charge in [-0.15, -0.1) is 0 Å². The van der Waals surface area contributed by atoms with E-state index in [-0.39, 0.29) is 48.1 Å². The largest absolute Gasteiger partial charge is 0.444 e. The van der Waals surface area contributed by atoms with E-state index in [9.17, 15) is 32.7 Å². The van der Waals surface area contributed by atoms with Crippen molar-refractivity contribution in [2.24, 2.45) is 5.92 Å². The standard InChI is InChI=1S/C36H40F3N5O5/c1-34(2,3)49-33(47)42-17-13-27(29(21-42)24-7-5-4-6-8-24)31(45)41-19-15-35(48,16-20-41)22-43-23-40-30-28(32(43)46)14-18-44(30)26-11-9-25(10-12-26)36(37,38)39/h4-12,14,18,23,27,29,48H,13,15-17,19-22H2,1-3H3/t27-,29+/m1/s1. The number of carbonyl (C=O) groups excluding carboxylic acids is 2. The van der Waals surface area contributed by atoms with Crippen molar-refractivity contribution in [2.75, 3.05) is 26.2 Å². The lowest BCUT2D eigenvalue weighted by Crippen LogP contribution is -2.53. The van der Waals surface area contributed by atoms with Gasteiger partial charge in [0.05, 0.1) is 23.1 Å². The molecule has 6 rings (SSSR count). The molecule has 13 heteroatoms. The van der Waals surface area contributed by atoms with E-state index in [0.717, 1.165) is 17.7 Å². The second-order valence-electron chi connectivity index (χ2n) is 14.0. The third kappa shape index (κ3) is 7.36. The Morgan fingerprint density at radius 2 is 1.63 bits per heavy atom. The van der Waals surface area contributed by atoms with Gasteiger partial charge < -0.3 is 24.2 Å². The number of piperidine rings is 2. The molecular formula is C36H40F3N5O5. The zero-order chi connectivity index (χ0) is 35.1. The van der Waals surface area contributed by atoms with Gasteiger partial charge in [-0.25, -0.2) is 9.78 Å². The lowest BCUT2D eigenvalue weighted by molar-refractivity contribution is -0.142. The van der Waals surface area contributed by atoms with Crippen molar-refractivity contribution in [3.05, 3.63) is 94.7 Å². The van der Waals surface area contributed by atoms with Crippen LogP contribution in [-0.4, -0.2) is 78.4 Å². The van der Waals surface area contributed by atoms with E-state index in [0.29, 0.717) is 43.9 Å². The molecule has 0 radical (unpaired) electrons. The number of rotatable bonds is 5. The summed E-state index contributed by atoms with van der Waals surface area (Å²) in [6.07, 6.45) is -0.966. The number of likely N-dealkylation sites (tertiary alicyclic amines) is 2. The Labute approximate surface area is 281 Å². The summed E-state index contributed by atoms with van der Waals surface area (Å²) in [4.78, 5) is 48.2. The van der Waals surface area contributed by atoms with E-state index in [2.05, 4.69) is 4.98 Å². The molecule has 2 atom stereocenters. The van der Waals surface area contributed by atoms with Crippen LogP contribution >= 0.6 is 0 Å². The fraction of sp³-hybridized carbons (Fsp3) is 0.444. The lowest BCUT2D eigenvalue weighted by atomic mass is 9.79. The Morgan fingerprint density at radius 3 is 2.27 bits per heavy atom. The van der Waals surface area contributed by atoms with Crippen molar-refractivity contribution in [1.29, 1.82) is 0 Å². The quantitative estimate of drug-likeness (QED) is 0.294. The Hall–Kier alpha value is -4.65. The zero-order valence-corrected chi connectivity index (χ0v) is 27.7. The molecule has 2 aromatic heterocycles. The van der Waals surface area contributed by atoms with Gasteiger partial charge in [0.15, 0.2) is 5.65 Å². The first-order chi connectivity index (χ1) is 23.1. The number of nitrogens with zero attached hydrogens (tertiary/aromatic N) is 5. The van der Waals surface area contributed by atoms with E-state index in [4.69, 9.17) is 4.74 Å². The molecular weight excluding hydrogens is 639 g/mol. The number of alkyl halides is 3. The molecule has 1 N–H and O–H groups in total. The van der Waals surface area contributed by atoms with Gasteiger partial charge in [-0.3, -0.25) is 14.2 Å². The first kappa shape index (κ1) is 34.2. The fourth-order valence-corrected chi connectivity index (χ4v) is 6.82. The van der Waals surface area contributed by atoms with Crippen LogP contribution in [0.4, 0.5) is 18.0 Å². The number of hydrogen-bond donors (Lipinski definition) is 1. The maximum Gasteiger partial charge on any atom is 0.416 e. The van der Waals surface area contributed by atoms with E-state index in [1.165, 1.54) is 23.0 Å². The molecule has 0 aliphatic carbocycles. The topological polar surface area (TPSA) is 110 Å². The summed E-state index contributed by atoms with van der Waals surface area (Å²) in [6.45, 7) is 6.79. The van der Waals surface area contributed by atoms with Gasteiger partial charge in [-0.05, 0) is 75.9 Å². The Balaban J connectivity index is 1.13. The second kappa shape index (κ2) is 13.0. The van der Waals surface area contributed by atoms with Crippen LogP contribution in [-0.2, 0) is 22.3 Å². The normalized spacial score (nSPS) is 20.0. The molecule has 4 aromatic rings. The number of amides is 2. The summed E-state index contributed by atoms with van der Waals surface area (Å²) in [7, 11) is 0. The van der Waals surface area contributed by atoms with Crippen molar-refractivity contribution < 1.29 is 32.6 Å². The van der Waals surface area contributed by atoms with E-state index in [1.807, 2.05) is 51.1 Å². The van der Waals surface area contributed by atoms with Crippen LogP contribution < -0.4 is 5.56 Å². The minimum absolute atomic E-state index is 0.0235. The number of aliphatic hydroxyl groups is 1. The van der Waals surface area contributed by atoms with Gasteiger partial charge in [0.2, 0.25) is 5.91 Å². The summed E-state index contributed by atoms with van der Waals surface area (Å²) in [5, 5.41) is 11.8. The number of fused-ring (bicyclic) bond motifs is 1. The highest BCUT2D eigenvalue weighted by Gasteiger charge is 2.42. The molecule has 2 aromatic carbocycles. The first-order valence-electron chi connectivity index (χ1n) is 16.4. The Bertz CT molecular complexity index is 1870. The predicted molar refractivity (Wildman–Crippen MR) is 176 cm³/mol. The molecule has 2 fully saturated rings. The lowest BCUT2D eigenvalue weighted by Gasteiger charge is -2.43. The van der Waals surface area contributed by atoms with Crippen LogP contribution in [0.2, 0.25) is 0 Å². The van der Waals surface area contributed by atoms with Crippen molar-refractivity contribution in [2.45, 2.75) is 69.9 Å². The SMILES string of the molecule is CC(C)(C)OC(=O)N1CC[C@@H](C(=O)N2CCC(O)(Cn3cnc4c(ccn4-c4ccc(C(F)(F)F)cc4)c3=O)CC2)[C@H](c2ccccc2)C1. The molecule has 0 bridgehead atoms. The van der Waals surface area contributed by atoms with Gasteiger partial charge in [-0.2, -0.15) is 13.2 Å². The van der Waals surface area contributed by atoms with Gasteiger partial charge in [-0.1, -0.05) is 30.3 Å². The highest BCUT2D eigenvalue weighted by molar-refractivity contribution is 5.81. The summed E-state index contributed by atoms with van der Waals surface area (Å²) in [5.74, 6) is -0.596. The minimum Gasteiger partial charge on any atom is -0.444 e. The number of aromatic nitrogens is 3. The van der Waals surface area contributed by atoms with Crippen molar-refractivity contribution in [3.8, 4) is 5.69 Å². The fourth-order valence-electron chi connectivity index (χ4n) is 6.82. The number of hydrogen-bond acceptors (Lipinski definition) is 6.